The highest BCUT2D eigenvalue weighted by Crippen LogP contribution is 2.54. The zero-order valence-electron chi connectivity index (χ0n) is 12.9. The Hall–Kier alpha value is -2.38. The Bertz CT molecular complexity index is 858. The highest BCUT2D eigenvalue weighted by Gasteiger charge is 2.54. The summed E-state index contributed by atoms with van der Waals surface area (Å²) in [5.41, 5.74) is 2.48. The average Bonchev–Trinajstić information content (AvgIpc) is 3.05. The average molecular weight is 308 g/mol. The Labute approximate surface area is 134 Å². The number of hydrogen-bond acceptors (Lipinski definition) is 2. The fourth-order valence-corrected chi connectivity index (χ4v) is 3.87. The molecule has 23 heavy (non-hydrogen) atoms. The van der Waals surface area contributed by atoms with Crippen LogP contribution in [0.3, 0.4) is 0 Å². The number of nitrogens with zero attached hydrogens (tertiary/aromatic N) is 2. The van der Waals surface area contributed by atoms with Crippen molar-refractivity contribution in [2.75, 3.05) is 0 Å². The molecule has 0 bridgehead atoms. The van der Waals surface area contributed by atoms with E-state index in [4.69, 9.17) is 6.42 Å². The van der Waals surface area contributed by atoms with Crippen molar-refractivity contribution in [3.63, 3.8) is 0 Å². The van der Waals surface area contributed by atoms with E-state index in [-0.39, 0.29) is 5.82 Å². The summed E-state index contributed by atoms with van der Waals surface area (Å²) in [6, 6.07) is 6.27. The number of aromatic nitrogens is 2. The largest absolute Gasteiger partial charge is 0.377 e. The minimum atomic E-state index is -1.10. The quantitative estimate of drug-likeness (QED) is 0.822. The van der Waals surface area contributed by atoms with Gasteiger partial charge in [0.1, 0.15) is 11.4 Å². The van der Waals surface area contributed by atoms with Crippen LogP contribution < -0.4 is 0 Å². The minimum Gasteiger partial charge on any atom is -0.377 e. The Morgan fingerprint density at radius 3 is 2.78 bits per heavy atom. The van der Waals surface area contributed by atoms with Gasteiger partial charge in [-0.05, 0) is 55.2 Å². The first kappa shape index (κ1) is 14.2. The number of aliphatic hydroxyl groups is 1. The van der Waals surface area contributed by atoms with E-state index in [1.807, 2.05) is 17.8 Å². The summed E-state index contributed by atoms with van der Waals surface area (Å²) in [6.07, 6.45) is 11.5. The maximum Gasteiger partial charge on any atom is 0.134 e. The molecule has 0 unspecified atom stereocenters. The lowest BCUT2D eigenvalue weighted by atomic mass is 9.67. The van der Waals surface area contributed by atoms with Crippen LogP contribution in [0, 0.1) is 23.6 Å². The molecule has 1 aromatic heterocycles. The molecule has 1 heterocycles. The number of rotatable bonds is 1. The molecule has 1 saturated carbocycles. The molecule has 1 N–H and O–H groups in total. The predicted molar refractivity (Wildman–Crippen MR) is 86.3 cm³/mol. The molecule has 1 fully saturated rings. The number of benzene rings is 1. The van der Waals surface area contributed by atoms with Gasteiger partial charge in [-0.15, -0.1) is 6.42 Å². The second kappa shape index (κ2) is 4.56. The molecule has 2 atom stereocenters. The molecular weight excluding hydrogens is 291 g/mol. The third-order valence-corrected chi connectivity index (χ3v) is 5.43. The molecule has 116 valence electrons. The summed E-state index contributed by atoms with van der Waals surface area (Å²) < 4.78 is 14.9. The van der Waals surface area contributed by atoms with Crippen LogP contribution in [0.25, 0.3) is 11.8 Å². The molecular formula is C19H17FN2O. The number of halogens is 1. The normalized spacial score (nSPS) is 28.7. The summed E-state index contributed by atoms with van der Waals surface area (Å²) in [5.74, 6) is 2.33. The van der Waals surface area contributed by atoms with E-state index >= 15 is 0 Å². The smallest absolute Gasteiger partial charge is 0.134 e. The molecule has 0 aliphatic heterocycles. The first-order valence-corrected chi connectivity index (χ1v) is 7.71. The second-order valence-corrected chi connectivity index (χ2v) is 6.63. The van der Waals surface area contributed by atoms with Crippen molar-refractivity contribution >= 4 is 6.08 Å². The first-order valence-electron chi connectivity index (χ1n) is 7.71. The summed E-state index contributed by atoms with van der Waals surface area (Å²) in [5, 5.41) is 15.2. The van der Waals surface area contributed by atoms with Crippen molar-refractivity contribution in [2.24, 2.45) is 5.41 Å². The van der Waals surface area contributed by atoms with Gasteiger partial charge in [-0.25, -0.2) is 9.07 Å². The van der Waals surface area contributed by atoms with Crippen LogP contribution in [0.2, 0.25) is 0 Å². The van der Waals surface area contributed by atoms with Gasteiger partial charge in [0.15, 0.2) is 0 Å². The van der Waals surface area contributed by atoms with Crippen LogP contribution in [0.15, 0.2) is 36.0 Å². The summed E-state index contributed by atoms with van der Waals surface area (Å²) in [6.45, 7) is 2.03. The topological polar surface area (TPSA) is 38.1 Å². The molecule has 4 rings (SSSR count). The molecule has 1 aromatic carbocycles. The van der Waals surface area contributed by atoms with Crippen LogP contribution in [-0.4, -0.2) is 20.5 Å². The zero-order valence-corrected chi connectivity index (χ0v) is 12.9. The Kier molecular flexibility index (Phi) is 2.82. The van der Waals surface area contributed by atoms with Gasteiger partial charge in [0, 0.05) is 5.41 Å². The van der Waals surface area contributed by atoms with Crippen molar-refractivity contribution in [2.45, 2.75) is 31.8 Å². The molecule has 0 saturated heterocycles. The number of fused-ring (bicyclic) bond motifs is 2. The maximum atomic E-state index is 13.1. The molecule has 4 heteroatoms. The molecule has 0 spiro atoms. The van der Waals surface area contributed by atoms with E-state index < -0.39 is 11.0 Å². The minimum absolute atomic E-state index is 0.268. The van der Waals surface area contributed by atoms with E-state index in [2.05, 4.69) is 17.1 Å². The zero-order chi connectivity index (χ0) is 16.2. The van der Waals surface area contributed by atoms with E-state index in [1.165, 1.54) is 12.1 Å². The lowest BCUT2D eigenvalue weighted by Gasteiger charge is -2.39. The van der Waals surface area contributed by atoms with Gasteiger partial charge in [-0.2, -0.15) is 5.10 Å². The SMILES string of the molecule is C#C[C@]1(O)CCC2=Cc3c(cnn3-c3ccc(F)cc3)C[C@@]21C. The third kappa shape index (κ3) is 1.83. The van der Waals surface area contributed by atoms with Gasteiger partial charge in [0.05, 0.1) is 17.6 Å². The maximum absolute atomic E-state index is 13.1. The number of hydrogen-bond donors (Lipinski definition) is 1. The van der Waals surface area contributed by atoms with Gasteiger partial charge in [-0.1, -0.05) is 18.4 Å². The van der Waals surface area contributed by atoms with Gasteiger partial charge in [0.2, 0.25) is 0 Å². The lowest BCUT2D eigenvalue weighted by molar-refractivity contribution is 0.0155. The highest BCUT2D eigenvalue weighted by atomic mass is 19.1. The fourth-order valence-electron chi connectivity index (χ4n) is 3.87. The monoisotopic (exact) mass is 308 g/mol. The molecule has 3 nitrogen and oxygen atoms in total. The summed E-state index contributed by atoms with van der Waals surface area (Å²) in [4.78, 5) is 0. The number of terminal acetylenes is 1. The first-order chi connectivity index (χ1) is 11.0. The molecule has 0 amide bonds. The van der Waals surface area contributed by atoms with Crippen molar-refractivity contribution < 1.29 is 9.50 Å². The van der Waals surface area contributed by atoms with Crippen molar-refractivity contribution in [3.05, 3.63) is 53.1 Å². The van der Waals surface area contributed by atoms with Gasteiger partial charge < -0.3 is 5.11 Å². The van der Waals surface area contributed by atoms with Crippen LogP contribution in [-0.2, 0) is 6.42 Å². The molecule has 2 aliphatic rings. The Morgan fingerprint density at radius 2 is 2.09 bits per heavy atom. The van der Waals surface area contributed by atoms with E-state index in [1.54, 1.807) is 12.1 Å². The molecule has 2 aliphatic carbocycles. The highest BCUT2D eigenvalue weighted by molar-refractivity contribution is 5.63. The van der Waals surface area contributed by atoms with Gasteiger partial charge in [-0.3, -0.25) is 0 Å². The second-order valence-electron chi connectivity index (χ2n) is 6.63. The standard InChI is InChI=1S/C19H17FN2O/c1-3-19(23)9-8-14-10-17-13(11-18(14,19)2)12-21-22(17)16-6-4-15(20)5-7-16/h1,4-7,10,12,23H,8-9,11H2,2H3/t18-,19-/m0/s1. The fraction of sp³-hybridized carbons (Fsp3) is 0.316. The predicted octanol–water partition coefficient (Wildman–Crippen LogP) is 3.12. The molecule has 0 radical (unpaired) electrons. The van der Waals surface area contributed by atoms with Crippen molar-refractivity contribution in [1.82, 2.24) is 9.78 Å². The van der Waals surface area contributed by atoms with Crippen LogP contribution in [0.1, 0.15) is 31.0 Å². The molecule has 2 aromatic rings. The van der Waals surface area contributed by atoms with Gasteiger partial charge in [0.25, 0.3) is 0 Å². The van der Waals surface area contributed by atoms with Crippen LogP contribution in [0.5, 0.6) is 0 Å². The summed E-state index contributed by atoms with van der Waals surface area (Å²) in [7, 11) is 0. The van der Waals surface area contributed by atoms with Gasteiger partial charge >= 0.3 is 0 Å². The van der Waals surface area contributed by atoms with Crippen LogP contribution >= 0.6 is 0 Å². The van der Waals surface area contributed by atoms with Crippen molar-refractivity contribution in [1.29, 1.82) is 0 Å². The summed E-state index contributed by atoms with van der Waals surface area (Å²) >= 11 is 0. The lowest BCUT2D eigenvalue weighted by Crippen LogP contribution is -2.43. The Balaban J connectivity index is 1.83. The van der Waals surface area contributed by atoms with E-state index in [9.17, 15) is 9.50 Å². The van der Waals surface area contributed by atoms with E-state index in [0.717, 1.165) is 28.9 Å². The van der Waals surface area contributed by atoms with Crippen molar-refractivity contribution in [3.8, 4) is 18.0 Å². The third-order valence-electron chi connectivity index (χ3n) is 5.43. The van der Waals surface area contributed by atoms with E-state index in [0.29, 0.717) is 12.8 Å². The van der Waals surface area contributed by atoms with Crippen LogP contribution in [0.4, 0.5) is 4.39 Å². The Morgan fingerprint density at radius 1 is 1.35 bits per heavy atom.